The molecule has 14 heavy (non-hydrogen) atoms. The van der Waals surface area contributed by atoms with Crippen LogP contribution >= 0.6 is 11.8 Å². The molecule has 0 aromatic carbocycles. The Labute approximate surface area is 85.2 Å². The zero-order valence-electron chi connectivity index (χ0n) is 7.34. The summed E-state index contributed by atoms with van der Waals surface area (Å²) >= 11 is 1.38. The topological polar surface area (TPSA) is 80.5 Å². The molecule has 2 heterocycles. The van der Waals surface area contributed by atoms with Crippen molar-refractivity contribution in [2.75, 3.05) is 0 Å². The normalized spacial score (nSPS) is 10.4. The lowest BCUT2D eigenvalue weighted by Crippen LogP contribution is -1.98. The number of hydrogen-bond acceptors (Lipinski definition) is 5. The molecule has 0 spiro atoms. The van der Waals surface area contributed by atoms with Crippen LogP contribution in [-0.4, -0.2) is 19.9 Å². The second-order valence-corrected chi connectivity index (χ2v) is 3.53. The lowest BCUT2D eigenvalue weighted by Gasteiger charge is -1.97. The average Bonchev–Trinajstić information content (AvgIpc) is 2.72. The minimum atomic E-state index is 0.464. The molecule has 2 rings (SSSR count). The zero-order chi connectivity index (χ0) is 9.80. The highest BCUT2D eigenvalue weighted by Gasteiger charge is 2.01. The summed E-state index contributed by atoms with van der Waals surface area (Å²) in [5.74, 6) is 0. The first kappa shape index (κ1) is 9.17. The fraction of sp³-hybridized carbons (Fsp3) is 0.125. The van der Waals surface area contributed by atoms with E-state index in [1.165, 1.54) is 11.8 Å². The second kappa shape index (κ2) is 4.21. The monoisotopic (exact) mass is 207 g/mol. The van der Waals surface area contributed by atoms with E-state index >= 15 is 0 Å². The van der Waals surface area contributed by atoms with Crippen molar-refractivity contribution in [2.45, 2.75) is 16.9 Å². The quantitative estimate of drug-likeness (QED) is 0.728. The van der Waals surface area contributed by atoms with Gasteiger partial charge in [0.25, 0.3) is 0 Å². The number of rotatable bonds is 3. The van der Waals surface area contributed by atoms with E-state index in [9.17, 15) is 0 Å². The van der Waals surface area contributed by atoms with Crippen LogP contribution in [-0.2, 0) is 6.54 Å². The predicted molar refractivity (Wildman–Crippen MR) is 52.6 cm³/mol. The van der Waals surface area contributed by atoms with Gasteiger partial charge in [0.2, 0.25) is 0 Å². The molecule has 0 bridgehead atoms. The minimum absolute atomic E-state index is 0.464. The fourth-order valence-electron chi connectivity index (χ4n) is 0.894. The fourth-order valence-corrected chi connectivity index (χ4v) is 1.52. The summed E-state index contributed by atoms with van der Waals surface area (Å²) in [7, 11) is 0. The maximum atomic E-state index is 5.43. The molecule has 0 saturated carbocycles. The summed E-state index contributed by atoms with van der Waals surface area (Å²) in [5.41, 5.74) is 6.36. The molecule has 0 fully saturated rings. The Hall–Kier alpha value is -1.40. The molecule has 0 amide bonds. The molecule has 0 saturated heterocycles. The van der Waals surface area contributed by atoms with E-state index < -0.39 is 0 Å². The van der Waals surface area contributed by atoms with Gasteiger partial charge in [-0.15, -0.1) is 0 Å². The van der Waals surface area contributed by atoms with Crippen LogP contribution < -0.4 is 5.73 Å². The predicted octanol–water partition coefficient (Wildman–Crippen LogP) is 0.810. The molecule has 2 aromatic heterocycles. The summed E-state index contributed by atoms with van der Waals surface area (Å²) in [5, 5.41) is 1.45. The zero-order valence-corrected chi connectivity index (χ0v) is 8.16. The Bertz CT molecular complexity index is 383. The third-order valence-corrected chi connectivity index (χ3v) is 2.39. The van der Waals surface area contributed by atoms with Gasteiger partial charge in [-0.3, -0.25) is 0 Å². The summed E-state index contributed by atoms with van der Waals surface area (Å²) < 4.78 is 0. The van der Waals surface area contributed by atoms with Crippen molar-refractivity contribution >= 4 is 11.8 Å². The van der Waals surface area contributed by atoms with Gasteiger partial charge in [0.1, 0.15) is 0 Å². The Morgan fingerprint density at radius 3 is 2.64 bits per heavy atom. The molecule has 0 unspecified atom stereocenters. The number of nitrogens with zero attached hydrogens (tertiary/aromatic N) is 3. The largest absolute Gasteiger partial charge is 0.339 e. The van der Waals surface area contributed by atoms with Gasteiger partial charge >= 0.3 is 0 Å². The highest BCUT2D eigenvalue weighted by Crippen LogP contribution is 2.19. The summed E-state index contributed by atoms with van der Waals surface area (Å²) in [4.78, 5) is 15.3. The highest BCUT2D eigenvalue weighted by atomic mass is 32.2. The van der Waals surface area contributed by atoms with Crippen LogP contribution in [0.4, 0.5) is 0 Å². The average molecular weight is 207 g/mol. The lowest BCUT2D eigenvalue weighted by atomic mass is 10.4. The molecule has 2 aromatic rings. The van der Waals surface area contributed by atoms with Gasteiger partial charge in [0, 0.05) is 36.9 Å². The van der Waals surface area contributed by atoms with Gasteiger partial charge in [-0.2, -0.15) is 0 Å². The Balaban J connectivity index is 2.10. The Morgan fingerprint density at radius 2 is 2.07 bits per heavy atom. The first-order valence-electron chi connectivity index (χ1n) is 4.06. The molecular weight excluding hydrogens is 198 g/mol. The van der Waals surface area contributed by atoms with Crippen molar-refractivity contribution in [3.8, 4) is 0 Å². The first-order valence-corrected chi connectivity index (χ1v) is 4.88. The van der Waals surface area contributed by atoms with Crippen LogP contribution in [0.15, 0.2) is 35.1 Å². The van der Waals surface area contributed by atoms with Crippen LogP contribution in [0.25, 0.3) is 0 Å². The standard InChI is InChI=1S/C8H9N5S/c9-3-6-4-12-8(13-5-6)14-7-10-1-2-11-7/h1-2,4-5H,3,9H2,(H,10,11). The maximum Gasteiger partial charge on any atom is 0.195 e. The molecule has 6 heteroatoms. The second-order valence-electron chi connectivity index (χ2n) is 2.57. The Kier molecular flexibility index (Phi) is 2.76. The minimum Gasteiger partial charge on any atom is -0.339 e. The van der Waals surface area contributed by atoms with Crippen molar-refractivity contribution in [3.63, 3.8) is 0 Å². The van der Waals surface area contributed by atoms with E-state index in [-0.39, 0.29) is 0 Å². The van der Waals surface area contributed by atoms with E-state index in [2.05, 4.69) is 19.9 Å². The number of aromatic nitrogens is 4. The highest BCUT2D eigenvalue weighted by molar-refractivity contribution is 7.99. The SMILES string of the molecule is NCc1cnc(Sc2ncc[nH]2)nc1. The third kappa shape index (κ3) is 2.09. The number of H-pyrrole nitrogens is 1. The number of imidazole rings is 1. The van der Waals surface area contributed by atoms with E-state index in [0.717, 1.165) is 10.7 Å². The van der Waals surface area contributed by atoms with Gasteiger partial charge in [-0.05, 0) is 11.8 Å². The van der Waals surface area contributed by atoms with Crippen molar-refractivity contribution in [1.29, 1.82) is 0 Å². The first-order chi connectivity index (χ1) is 6.88. The summed E-state index contributed by atoms with van der Waals surface area (Å²) in [6.07, 6.45) is 6.89. The van der Waals surface area contributed by atoms with Crippen molar-refractivity contribution in [3.05, 3.63) is 30.4 Å². The molecule has 0 radical (unpaired) electrons. The Morgan fingerprint density at radius 1 is 1.29 bits per heavy atom. The van der Waals surface area contributed by atoms with Gasteiger partial charge < -0.3 is 10.7 Å². The molecule has 0 aliphatic heterocycles. The van der Waals surface area contributed by atoms with Gasteiger partial charge in [-0.25, -0.2) is 15.0 Å². The van der Waals surface area contributed by atoms with Crippen molar-refractivity contribution in [1.82, 2.24) is 19.9 Å². The van der Waals surface area contributed by atoms with Crippen LogP contribution in [0.5, 0.6) is 0 Å². The van der Waals surface area contributed by atoms with Crippen LogP contribution in [0.3, 0.4) is 0 Å². The van der Waals surface area contributed by atoms with Crippen LogP contribution in [0, 0.1) is 0 Å². The summed E-state index contributed by atoms with van der Waals surface area (Å²) in [6, 6.07) is 0. The number of nitrogens with one attached hydrogen (secondary N) is 1. The molecule has 72 valence electrons. The molecular formula is C8H9N5S. The van der Waals surface area contributed by atoms with E-state index in [1.54, 1.807) is 24.8 Å². The van der Waals surface area contributed by atoms with Gasteiger partial charge in [-0.1, -0.05) is 0 Å². The van der Waals surface area contributed by atoms with Crippen LogP contribution in [0.2, 0.25) is 0 Å². The number of nitrogens with two attached hydrogens (primary N) is 1. The molecule has 0 aliphatic carbocycles. The number of aromatic amines is 1. The number of hydrogen-bond donors (Lipinski definition) is 2. The maximum absolute atomic E-state index is 5.43. The van der Waals surface area contributed by atoms with Gasteiger partial charge in [0.05, 0.1) is 0 Å². The molecule has 3 N–H and O–H groups in total. The van der Waals surface area contributed by atoms with Crippen LogP contribution in [0.1, 0.15) is 5.56 Å². The van der Waals surface area contributed by atoms with E-state index in [1.807, 2.05) is 0 Å². The molecule has 0 atom stereocenters. The van der Waals surface area contributed by atoms with Gasteiger partial charge in [0.15, 0.2) is 10.3 Å². The molecule has 0 aliphatic rings. The molecule has 5 nitrogen and oxygen atoms in total. The smallest absolute Gasteiger partial charge is 0.195 e. The van der Waals surface area contributed by atoms with E-state index in [4.69, 9.17) is 5.73 Å². The van der Waals surface area contributed by atoms with Crippen molar-refractivity contribution < 1.29 is 0 Å². The lowest BCUT2D eigenvalue weighted by molar-refractivity contribution is 0.907. The van der Waals surface area contributed by atoms with E-state index in [0.29, 0.717) is 11.7 Å². The third-order valence-electron chi connectivity index (χ3n) is 1.58. The van der Waals surface area contributed by atoms with Crippen molar-refractivity contribution in [2.24, 2.45) is 5.73 Å². The summed E-state index contributed by atoms with van der Waals surface area (Å²) in [6.45, 7) is 0.464.